The highest BCUT2D eigenvalue weighted by molar-refractivity contribution is 5.20. The molecule has 118 valence electrons. The minimum Gasteiger partial charge on any atom is -0.379 e. The number of hydrogen-bond donors (Lipinski definition) is 1. The number of ether oxygens (including phenoxy) is 1. The van der Waals surface area contributed by atoms with E-state index in [0.29, 0.717) is 26.2 Å². The normalized spacial score (nSPS) is 18.6. The van der Waals surface area contributed by atoms with Crippen molar-refractivity contribution in [2.45, 2.75) is 18.6 Å². The van der Waals surface area contributed by atoms with Crippen LogP contribution in [0.4, 0.5) is 13.2 Å². The number of hydrogen-bond acceptors (Lipinski definition) is 3. The molecule has 2 rings (SSSR count). The summed E-state index contributed by atoms with van der Waals surface area (Å²) in [7, 11) is 0. The van der Waals surface area contributed by atoms with Crippen molar-refractivity contribution >= 4 is 0 Å². The van der Waals surface area contributed by atoms with Gasteiger partial charge in [-0.05, 0) is 25.1 Å². The van der Waals surface area contributed by atoms with Gasteiger partial charge in [0.05, 0.1) is 13.2 Å². The summed E-state index contributed by atoms with van der Waals surface area (Å²) in [5, 5.41) is 2.63. The van der Waals surface area contributed by atoms with Gasteiger partial charge in [-0.15, -0.1) is 0 Å². The summed E-state index contributed by atoms with van der Waals surface area (Å²) in [6.07, 6.45) is -3.58. The zero-order valence-corrected chi connectivity index (χ0v) is 11.9. The van der Waals surface area contributed by atoms with Crippen LogP contribution in [0.1, 0.15) is 18.0 Å². The average molecular weight is 302 g/mol. The second-order valence-electron chi connectivity index (χ2n) is 5.15. The quantitative estimate of drug-likeness (QED) is 0.818. The minimum atomic E-state index is -4.28. The van der Waals surface area contributed by atoms with Crippen molar-refractivity contribution in [2.75, 3.05) is 39.4 Å². The highest BCUT2D eigenvalue weighted by atomic mass is 19.4. The van der Waals surface area contributed by atoms with Crippen molar-refractivity contribution in [3.8, 4) is 0 Å². The third kappa shape index (κ3) is 5.30. The van der Waals surface area contributed by atoms with Crippen LogP contribution < -0.4 is 5.32 Å². The fraction of sp³-hybridized carbons (Fsp3) is 0.600. The first-order valence-corrected chi connectivity index (χ1v) is 7.22. The predicted octanol–water partition coefficient (Wildman–Crippen LogP) is 2.60. The summed E-state index contributed by atoms with van der Waals surface area (Å²) in [5.74, 6) is 0. The molecule has 0 saturated carbocycles. The predicted molar refractivity (Wildman–Crippen MR) is 75.1 cm³/mol. The maximum atomic E-state index is 13.1. The monoisotopic (exact) mass is 302 g/mol. The summed E-state index contributed by atoms with van der Waals surface area (Å²) < 4.78 is 44.5. The van der Waals surface area contributed by atoms with Crippen molar-refractivity contribution in [3.63, 3.8) is 0 Å². The largest absolute Gasteiger partial charge is 0.407 e. The lowest BCUT2D eigenvalue weighted by molar-refractivity contribution is -0.157. The topological polar surface area (TPSA) is 24.5 Å². The van der Waals surface area contributed by atoms with Gasteiger partial charge in [-0.2, -0.15) is 13.2 Å². The highest BCUT2D eigenvalue weighted by Gasteiger charge is 2.40. The van der Waals surface area contributed by atoms with Crippen LogP contribution in [0.5, 0.6) is 0 Å². The summed E-state index contributed by atoms with van der Waals surface area (Å²) in [5.41, 5.74) is 0.261. The Hall–Kier alpha value is -1.11. The summed E-state index contributed by atoms with van der Waals surface area (Å²) in [6.45, 7) is 4.29. The van der Waals surface area contributed by atoms with E-state index in [1.54, 1.807) is 18.2 Å². The van der Waals surface area contributed by atoms with Crippen LogP contribution in [0.2, 0.25) is 0 Å². The third-order valence-electron chi connectivity index (χ3n) is 3.56. The molecule has 0 radical (unpaired) electrons. The van der Waals surface area contributed by atoms with Gasteiger partial charge in [0.2, 0.25) is 0 Å². The Bertz CT molecular complexity index is 405. The summed E-state index contributed by atoms with van der Waals surface area (Å²) in [4.78, 5) is 2.22. The lowest BCUT2D eigenvalue weighted by Crippen LogP contribution is -2.39. The molecule has 1 aromatic rings. The Kier molecular flexibility index (Phi) is 6.02. The molecule has 1 atom stereocenters. The molecule has 21 heavy (non-hydrogen) atoms. The Balaban J connectivity index is 1.80. The van der Waals surface area contributed by atoms with E-state index < -0.39 is 12.2 Å². The van der Waals surface area contributed by atoms with Crippen molar-refractivity contribution in [1.82, 2.24) is 10.2 Å². The van der Waals surface area contributed by atoms with E-state index in [-0.39, 0.29) is 5.56 Å². The van der Waals surface area contributed by atoms with Gasteiger partial charge in [-0.3, -0.25) is 4.90 Å². The smallest absolute Gasteiger partial charge is 0.379 e. The van der Waals surface area contributed by atoms with Crippen LogP contribution in [0.15, 0.2) is 30.3 Å². The Morgan fingerprint density at radius 1 is 1.14 bits per heavy atom. The van der Waals surface area contributed by atoms with E-state index in [0.717, 1.165) is 19.6 Å². The molecular formula is C15H21F3N2O. The minimum absolute atomic E-state index is 0.261. The number of rotatable bonds is 6. The van der Waals surface area contributed by atoms with Crippen LogP contribution in [0.3, 0.4) is 0 Å². The van der Waals surface area contributed by atoms with Crippen molar-refractivity contribution in [2.24, 2.45) is 0 Å². The maximum Gasteiger partial charge on any atom is 0.407 e. The number of nitrogens with one attached hydrogen (secondary N) is 1. The van der Waals surface area contributed by atoms with Crippen LogP contribution in [-0.4, -0.2) is 50.5 Å². The standard InChI is InChI=1S/C15H21F3N2O/c16-15(17,18)14(13-5-2-1-3-6-13)19-7-4-8-20-9-11-21-12-10-20/h1-3,5-6,14,19H,4,7-12H2. The van der Waals surface area contributed by atoms with E-state index in [1.807, 2.05) is 0 Å². The first-order valence-electron chi connectivity index (χ1n) is 7.22. The maximum absolute atomic E-state index is 13.1. The first-order chi connectivity index (χ1) is 10.1. The number of nitrogens with zero attached hydrogens (tertiary/aromatic N) is 1. The molecule has 1 saturated heterocycles. The van der Waals surface area contributed by atoms with Crippen molar-refractivity contribution < 1.29 is 17.9 Å². The van der Waals surface area contributed by atoms with Gasteiger partial charge >= 0.3 is 6.18 Å². The molecule has 1 heterocycles. The molecule has 0 spiro atoms. The van der Waals surface area contributed by atoms with Gasteiger partial charge in [0.15, 0.2) is 0 Å². The van der Waals surface area contributed by atoms with Gasteiger partial charge in [0.1, 0.15) is 6.04 Å². The Morgan fingerprint density at radius 3 is 2.43 bits per heavy atom. The van der Waals surface area contributed by atoms with Gasteiger partial charge < -0.3 is 10.1 Å². The van der Waals surface area contributed by atoms with E-state index in [1.165, 1.54) is 12.1 Å². The van der Waals surface area contributed by atoms with Gasteiger partial charge in [0, 0.05) is 13.1 Å². The van der Waals surface area contributed by atoms with Gasteiger partial charge in [-0.25, -0.2) is 0 Å². The van der Waals surface area contributed by atoms with E-state index in [2.05, 4.69) is 10.2 Å². The molecule has 0 aliphatic carbocycles. The molecule has 1 aliphatic heterocycles. The number of alkyl halides is 3. The number of halogens is 3. The zero-order valence-electron chi connectivity index (χ0n) is 11.9. The second kappa shape index (κ2) is 7.77. The fourth-order valence-electron chi connectivity index (χ4n) is 2.44. The first kappa shape index (κ1) is 16.3. The lowest BCUT2D eigenvalue weighted by atomic mass is 10.1. The van der Waals surface area contributed by atoms with Crippen molar-refractivity contribution in [3.05, 3.63) is 35.9 Å². The van der Waals surface area contributed by atoms with Crippen LogP contribution in [0.25, 0.3) is 0 Å². The van der Waals surface area contributed by atoms with Crippen molar-refractivity contribution in [1.29, 1.82) is 0 Å². The number of benzene rings is 1. The summed E-state index contributed by atoms with van der Waals surface area (Å²) >= 11 is 0. The molecule has 1 N–H and O–H groups in total. The molecule has 1 aliphatic rings. The van der Waals surface area contributed by atoms with Crippen LogP contribution in [0, 0.1) is 0 Å². The molecule has 1 unspecified atom stereocenters. The summed E-state index contributed by atoms with van der Waals surface area (Å²) in [6, 6.07) is 6.39. The molecule has 0 amide bonds. The third-order valence-corrected chi connectivity index (χ3v) is 3.56. The average Bonchev–Trinajstić information content (AvgIpc) is 2.48. The SMILES string of the molecule is FC(F)(F)C(NCCCN1CCOCC1)c1ccccc1. The molecule has 3 nitrogen and oxygen atoms in total. The fourth-order valence-corrected chi connectivity index (χ4v) is 2.44. The zero-order chi connectivity index (χ0) is 15.1. The molecule has 0 bridgehead atoms. The van der Waals surface area contributed by atoms with Crippen LogP contribution >= 0.6 is 0 Å². The van der Waals surface area contributed by atoms with E-state index >= 15 is 0 Å². The lowest BCUT2D eigenvalue weighted by Gasteiger charge is -2.27. The Labute approximate surface area is 123 Å². The molecule has 1 aromatic carbocycles. The molecule has 6 heteroatoms. The van der Waals surface area contributed by atoms with E-state index in [9.17, 15) is 13.2 Å². The molecular weight excluding hydrogens is 281 g/mol. The van der Waals surface area contributed by atoms with Gasteiger partial charge in [-0.1, -0.05) is 30.3 Å². The second-order valence-corrected chi connectivity index (χ2v) is 5.15. The highest BCUT2D eigenvalue weighted by Crippen LogP contribution is 2.32. The van der Waals surface area contributed by atoms with Crippen LogP contribution in [-0.2, 0) is 4.74 Å². The van der Waals surface area contributed by atoms with Gasteiger partial charge in [0.25, 0.3) is 0 Å². The van der Waals surface area contributed by atoms with E-state index in [4.69, 9.17) is 4.74 Å². The molecule has 0 aromatic heterocycles. The Morgan fingerprint density at radius 2 is 1.81 bits per heavy atom. The molecule has 1 fully saturated rings. The number of morpholine rings is 1.